The summed E-state index contributed by atoms with van der Waals surface area (Å²) in [6, 6.07) is 7.66. The third-order valence-corrected chi connectivity index (χ3v) is 3.47. The molecule has 0 amide bonds. The van der Waals surface area contributed by atoms with Gasteiger partial charge in [-0.25, -0.2) is 4.98 Å². The minimum atomic E-state index is -4.57. The van der Waals surface area contributed by atoms with Crippen LogP contribution >= 0.6 is 0 Å². The van der Waals surface area contributed by atoms with Crippen LogP contribution in [0, 0.1) is 11.8 Å². The molecule has 0 unspecified atom stereocenters. The van der Waals surface area contributed by atoms with E-state index in [1.54, 1.807) is 0 Å². The monoisotopic (exact) mass is 367 g/mol. The highest BCUT2D eigenvalue weighted by atomic mass is 19.4. The van der Waals surface area contributed by atoms with Crippen molar-refractivity contribution in [1.29, 1.82) is 0 Å². The summed E-state index contributed by atoms with van der Waals surface area (Å²) in [5.41, 5.74) is 0.919. The average molecular weight is 367 g/mol. The fourth-order valence-corrected chi connectivity index (χ4v) is 2.30. The Balaban J connectivity index is 2.19. The molecule has 0 aliphatic rings. The molecule has 1 heterocycles. The molecule has 142 valence electrons. The van der Waals surface area contributed by atoms with Crippen molar-refractivity contribution in [3.05, 3.63) is 41.6 Å². The SMILES string of the molecule is CC(C)COc1nc(Nc2ccc(CC(C)C)cc2)ncc1C(F)(F)F. The number of alkyl halides is 3. The zero-order valence-electron chi connectivity index (χ0n) is 15.4. The molecule has 0 aliphatic carbocycles. The summed E-state index contributed by atoms with van der Waals surface area (Å²) in [4.78, 5) is 7.69. The highest BCUT2D eigenvalue weighted by Crippen LogP contribution is 2.35. The summed E-state index contributed by atoms with van der Waals surface area (Å²) in [6.07, 6.45) is -2.86. The lowest BCUT2D eigenvalue weighted by atomic mass is 10.0. The molecule has 0 fully saturated rings. The van der Waals surface area contributed by atoms with Crippen LogP contribution < -0.4 is 10.1 Å². The fourth-order valence-electron chi connectivity index (χ4n) is 2.30. The summed E-state index contributed by atoms with van der Waals surface area (Å²) in [7, 11) is 0. The summed E-state index contributed by atoms with van der Waals surface area (Å²) < 4.78 is 44.6. The average Bonchev–Trinajstić information content (AvgIpc) is 2.53. The topological polar surface area (TPSA) is 47.0 Å². The van der Waals surface area contributed by atoms with E-state index >= 15 is 0 Å². The summed E-state index contributed by atoms with van der Waals surface area (Å²) in [6.45, 7) is 8.13. The van der Waals surface area contributed by atoms with Gasteiger partial charge in [-0.1, -0.05) is 39.8 Å². The summed E-state index contributed by atoms with van der Waals surface area (Å²) in [5, 5.41) is 2.92. The summed E-state index contributed by atoms with van der Waals surface area (Å²) >= 11 is 0. The van der Waals surface area contributed by atoms with Crippen molar-refractivity contribution >= 4 is 11.6 Å². The number of nitrogens with one attached hydrogen (secondary N) is 1. The number of rotatable bonds is 7. The van der Waals surface area contributed by atoms with Gasteiger partial charge >= 0.3 is 6.18 Å². The number of anilines is 2. The Morgan fingerprint density at radius 1 is 1.04 bits per heavy atom. The van der Waals surface area contributed by atoms with Gasteiger partial charge in [0.05, 0.1) is 6.61 Å². The van der Waals surface area contributed by atoms with Gasteiger partial charge in [-0.2, -0.15) is 18.2 Å². The number of nitrogens with zero attached hydrogens (tertiary/aromatic N) is 2. The first-order chi connectivity index (χ1) is 12.1. The molecular weight excluding hydrogens is 343 g/mol. The van der Waals surface area contributed by atoms with Crippen molar-refractivity contribution in [2.45, 2.75) is 40.3 Å². The van der Waals surface area contributed by atoms with E-state index in [1.165, 1.54) is 5.56 Å². The number of ether oxygens (including phenoxy) is 1. The largest absolute Gasteiger partial charge is 0.477 e. The number of hydrogen-bond acceptors (Lipinski definition) is 4. The van der Waals surface area contributed by atoms with Gasteiger partial charge in [-0.3, -0.25) is 0 Å². The Labute approximate surface area is 151 Å². The zero-order chi connectivity index (χ0) is 19.3. The maximum atomic E-state index is 13.1. The smallest absolute Gasteiger partial charge is 0.423 e. The Bertz CT molecular complexity index is 713. The molecule has 2 rings (SSSR count). The van der Waals surface area contributed by atoms with Gasteiger partial charge < -0.3 is 10.1 Å². The lowest BCUT2D eigenvalue weighted by Crippen LogP contribution is -2.14. The van der Waals surface area contributed by atoms with Crippen LogP contribution in [0.2, 0.25) is 0 Å². The Hall–Kier alpha value is -2.31. The number of halogens is 3. The van der Waals surface area contributed by atoms with Gasteiger partial charge in [0.15, 0.2) is 0 Å². The zero-order valence-corrected chi connectivity index (χ0v) is 15.4. The van der Waals surface area contributed by atoms with Crippen LogP contribution in [0.1, 0.15) is 38.8 Å². The van der Waals surface area contributed by atoms with E-state index in [0.717, 1.165) is 12.6 Å². The van der Waals surface area contributed by atoms with E-state index in [1.807, 2.05) is 38.1 Å². The Kier molecular flexibility index (Phi) is 6.45. The van der Waals surface area contributed by atoms with Gasteiger partial charge in [0.25, 0.3) is 0 Å². The standard InChI is InChI=1S/C19H24F3N3O/c1-12(2)9-14-5-7-15(8-6-14)24-18-23-10-16(19(20,21)22)17(25-18)26-11-13(3)4/h5-8,10,12-13H,9,11H2,1-4H3,(H,23,24,25). The lowest BCUT2D eigenvalue weighted by Gasteiger charge is -2.15. The van der Waals surface area contributed by atoms with Crippen molar-refractivity contribution in [3.63, 3.8) is 0 Å². The number of benzene rings is 1. The molecule has 1 aromatic carbocycles. The van der Waals surface area contributed by atoms with Crippen molar-refractivity contribution in [2.75, 3.05) is 11.9 Å². The molecular formula is C19H24F3N3O. The molecule has 0 radical (unpaired) electrons. The van der Waals surface area contributed by atoms with E-state index in [9.17, 15) is 13.2 Å². The first-order valence-corrected chi connectivity index (χ1v) is 8.58. The van der Waals surface area contributed by atoms with E-state index in [0.29, 0.717) is 11.6 Å². The van der Waals surface area contributed by atoms with Crippen LogP contribution in [0.4, 0.5) is 24.8 Å². The van der Waals surface area contributed by atoms with E-state index in [-0.39, 0.29) is 18.5 Å². The highest BCUT2D eigenvalue weighted by molar-refractivity contribution is 5.54. The van der Waals surface area contributed by atoms with E-state index in [4.69, 9.17) is 4.74 Å². The molecule has 0 saturated carbocycles. The molecule has 2 aromatic rings. The molecule has 0 spiro atoms. The molecule has 0 atom stereocenters. The van der Waals surface area contributed by atoms with Crippen LogP contribution in [0.15, 0.2) is 30.5 Å². The molecule has 7 heteroatoms. The Morgan fingerprint density at radius 2 is 1.69 bits per heavy atom. The fraction of sp³-hybridized carbons (Fsp3) is 0.474. The van der Waals surface area contributed by atoms with Gasteiger partial charge in [-0.05, 0) is 36.0 Å². The Morgan fingerprint density at radius 3 is 2.23 bits per heavy atom. The molecule has 1 N–H and O–H groups in total. The summed E-state index contributed by atoms with van der Waals surface area (Å²) in [5.74, 6) is 0.233. The number of aromatic nitrogens is 2. The van der Waals surface area contributed by atoms with E-state index in [2.05, 4.69) is 29.1 Å². The molecule has 26 heavy (non-hydrogen) atoms. The second-order valence-corrected chi connectivity index (χ2v) is 7.03. The van der Waals surface area contributed by atoms with E-state index < -0.39 is 17.6 Å². The molecule has 1 aromatic heterocycles. The van der Waals surface area contributed by atoms with Crippen molar-refractivity contribution in [3.8, 4) is 5.88 Å². The highest BCUT2D eigenvalue weighted by Gasteiger charge is 2.36. The molecule has 0 saturated heterocycles. The third kappa shape index (κ3) is 5.89. The van der Waals surface area contributed by atoms with Crippen molar-refractivity contribution in [1.82, 2.24) is 9.97 Å². The van der Waals surface area contributed by atoms with Crippen LogP contribution in [0.5, 0.6) is 5.88 Å². The molecule has 0 aliphatic heterocycles. The predicted octanol–water partition coefficient (Wildman–Crippen LogP) is 5.47. The molecule has 4 nitrogen and oxygen atoms in total. The number of hydrogen-bond donors (Lipinski definition) is 1. The van der Waals surface area contributed by atoms with Crippen LogP contribution in [0.3, 0.4) is 0 Å². The maximum absolute atomic E-state index is 13.1. The second-order valence-electron chi connectivity index (χ2n) is 7.03. The first-order valence-electron chi connectivity index (χ1n) is 8.58. The van der Waals surface area contributed by atoms with Crippen molar-refractivity contribution < 1.29 is 17.9 Å². The van der Waals surface area contributed by atoms with Gasteiger partial charge in [0.1, 0.15) is 5.56 Å². The van der Waals surface area contributed by atoms with Crippen LogP contribution in [-0.2, 0) is 12.6 Å². The second kappa shape index (κ2) is 8.38. The normalized spacial score (nSPS) is 11.9. The lowest BCUT2D eigenvalue weighted by molar-refractivity contribution is -0.139. The minimum Gasteiger partial charge on any atom is -0.477 e. The van der Waals surface area contributed by atoms with Gasteiger partial charge in [0, 0.05) is 11.9 Å². The molecule has 0 bridgehead atoms. The quantitative estimate of drug-likeness (QED) is 0.705. The van der Waals surface area contributed by atoms with Crippen LogP contribution in [0.25, 0.3) is 0 Å². The van der Waals surface area contributed by atoms with Crippen LogP contribution in [-0.4, -0.2) is 16.6 Å². The van der Waals surface area contributed by atoms with Gasteiger partial charge in [-0.15, -0.1) is 0 Å². The minimum absolute atomic E-state index is 0.0633. The van der Waals surface area contributed by atoms with Gasteiger partial charge in [0.2, 0.25) is 11.8 Å². The first kappa shape index (κ1) is 20.0. The maximum Gasteiger partial charge on any atom is 0.423 e. The van der Waals surface area contributed by atoms with Crippen molar-refractivity contribution in [2.24, 2.45) is 11.8 Å². The predicted molar refractivity (Wildman–Crippen MR) is 95.6 cm³/mol. The third-order valence-electron chi connectivity index (χ3n) is 3.47.